The van der Waals surface area contributed by atoms with Crippen LogP contribution in [0.2, 0.25) is 0 Å². The van der Waals surface area contributed by atoms with Gasteiger partial charge in [-0.1, -0.05) is 6.08 Å². The maximum Gasteiger partial charge on any atom is 0.318 e. The van der Waals surface area contributed by atoms with E-state index in [0.717, 1.165) is 0 Å². The number of ether oxygens (including phenoxy) is 4. The summed E-state index contributed by atoms with van der Waals surface area (Å²) in [6.45, 7) is 7.88. The van der Waals surface area contributed by atoms with Crippen LogP contribution in [-0.2, 0) is 33.3 Å². The average Bonchev–Trinajstić information content (AvgIpc) is 3.20. The number of carbonyl (C=O) groups excluding carboxylic acids is 3. The van der Waals surface area contributed by atoms with Crippen LogP contribution in [0.15, 0.2) is 35.1 Å². The Hall–Kier alpha value is -2.45. The fourth-order valence-corrected chi connectivity index (χ4v) is 5.01. The van der Waals surface area contributed by atoms with Gasteiger partial charge < -0.3 is 24.1 Å². The van der Waals surface area contributed by atoms with E-state index in [-0.39, 0.29) is 24.6 Å². The zero-order chi connectivity index (χ0) is 22.1. The zero-order valence-electron chi connectivity index (χ0n) is 17.7. The van der Waals surface area contributed by atoms with Crippen molar-refractivity contribution in [2.45, 2.75) is 64.6 Å². The molecule has 30 heavy (non-hydrogen) atoms. The summed E-state index contributed by atoms with van der Waals surface area (Å²) in [4.78, 5) is 37.2. The van der Waals surface area contributed by atoms with Crippen LogP contribution in [0.1, 0.15) is 41.0 Å². The van der Waals surface area contributed by atoms with Gasteiger partial charge in [-0.25, -0.2) is 0 Å². The van der Waals surface area contributed by atoms with Crippen molar-refractivity contribution < 1.29 is 38.4 Å². The average molecular weight is 418 g/mol. The number of esters is 2. The fraction of sp³-hybridized carbons (Fsp3) is 0.591. The standard InChI is InChI=1S/C22H26O8/c1-6-11(2)22(26)21(5)18-15(28-19(21)25)7-13(10-27-12(3)23)14-8-17(24)20(4,29-14)9-16(18)30-22/h6-8,15-16,18,26H,9-10H2,1-5H3. The summed E-state index contributed by atoms with van der Waals surface area (Å²) < 4.78 is 22.9. The van der Waals surface area contributed by atoms with Gasteiger partial charge in [0.05, 0.1) is 6.10 Å². The first-order valence-corrected chi connectivity index (χ1v) is 10.0. The Morgan fingerprint density at radius 3 is 2.67 bits per heavy atom. The second kappa shape index (κ2) is 6.52. The molecule has 4 aliphatic heterocycles. The molecule has 4 heterocycles. The van der Waals surface area contributed by atoms with E-state index in [1.165, 1.54) is 13.0 Å². The highest BCUT2D eigenvalue weighted by Gasteiger charge is 2.74. The van der Waals surface area contributed by atoms with Gasteiger partial charge in [-0.3, -0.25) is 14.4 Å². The molecule has 4 aliphatic rings. The number of aliphatic hydroxyl groups is 1. The molecule has 2 fully saturated rings. The van der Waals surface area contributed by atoms with E-state index in [4.69, 9.17) is 18.9 Å². The van der Waals surface area contributed by atoms with E-state index in [9.17, 15) is 19.5 Å². The van der Waals surface area contributed by atoms with Gasteiger partial charge >= 0.3 is 11.9 Å². The van der Waals surface area contributed by atoms with E-state index in [1.807, 2.05) is 0 Å². The second-order valence-corrected chi connectivity index (χ2v) is 8.75. The number of allylic oxidation sites excluding steroid dienone is 1. The SMILES string of the molecule is CC=C(C)C1(O)OC2CC3(C)OC(=CC3=O)C(COC(C)=O)=CC3OC(=O)C1(C)C32. The highest BCUT2D eigenvalue weighted by molar-refractivity contribution is 6.00. The first kappa shape index (κ1) is 20.8. The Balaban J connectivity index is 1.86. The van der Waals surface area contributed by atoms with Crippen LogP contribution < -0.4 is 0 Å². The molecule has 1 N–H and O–H groups in total. The molecule has 0 radical (unpaired) electrons. The quantitative estimate of drug-likeness (QED) is 0.545. The minimum atomic E-state index is -1.87. The van der Waals surface area contributed by atoms with Crippen molar-refractivity contribution in [3.05, 3.63) is 35.1 Å². The molecule has 6 atom stereocenters. The summed E-state index contributed by atoms with van der Waals surface area (Å²) in [6, 6.07) is 0. The largest absolute Gasteiger partial charge is 0.479 e. The lowest BCUT2D eigenvalue weighted by Crippen LogP contribution is -2.49. The van der Waals surface area contributed by atoms with Crippen molar-refractivity contribution >= 4 is 17.7 Å². The Bertz CT molecular complexity index is 929. The van der Waals surface area contributed by atoms with Crippen molar-refractivity contribution in [3.63, 3.8) is 0 Å². The minimum absolute atomic E-state index is 0.132. The maximum absolute atomic E-state index is 13.0. The summed E-state index contributed by atoms with van der Waals surface area (Å²) in [5, 5.41) is 11.5. The van der Waals surface area contributed by atoms with Gasteiger partial charge in [0.25, 0.3) is 0 Å². The highest BCUT2D eigenvalue weighted by atomic mass is 16.7. The molecule has 8 nitrogen and oxygen atoms in total. The van der Waals surface area contributed by atoms with Gasteiger partial charge in [-0.2, -0.15) is 0 Å². The molecule has 0 aromatic heterocycles. The number of hydrogen-bond donors (Lipinski definition) is 1. The van der Waals surface area contributed by atoms with Crippen LogP contribution in [-0.4, -0.2) is 53.0 Å². The van der Waals surface area contributed by atoms with Crippen LogP contribution in [0.3, 0.4) is 0 Å². The normalized spacial score (nSPS) is 42.3. The summed E-state index contributed by atoms with van der Waals surface area (Å²) in [6.07, 6.45) is 3.41. The molecule has 0 aromatic rings. The highest BCUT2D eigenvalue weighted by Crippen LogP contribution is 2.60. The number of fused-ring (bicyclic) bond motifs is 2. The van der Waals surface area contributed by atoms with Crippen LogP contribution >= 0.6 is 0 Å². The summed E-state index contributed by atoms with van der Waals surface area (Å²) in [7, 11) is 0. The predicted molar refractivity (Wildman–Crippen MR) is 103 cm³/mol. The van der Waals surface area contributed by atoms with Crippen LogP contribution in [0.4, 0.5) is 0 Å². The smallest absolute Gasteiger partial charge is 0.318 e. The molecule has 8 heteroatoms. The summed E-state index contributed by atoms with van der Waals surface area (Å²) in [5.74, 6) is -3.47. The van der Waals surface area contributed by atoms with Crippen molar-refractivity contribution in [3.8, 4) is 0 Å². The topological polar surface area (TPSA) is 108 Å². The van der Waals surface area contributed by atoms with Crippen molar-refractivity contribution in [2.75, 3.05) is 6.61 Å². The van der Waals surface area contributed by atoms with Gasteiger partial charge in [0.2, 0.25) is 11.6 Å². The molecule has 6 unspecified atom stereocenters. The van der Waals surface area contributed by atoms with Crippen molar-refractivity contribution in [1.82, 2.24) is 0 Å². The predicted octanol–water partition coefficient (Wildman–Crippen LogP) is 1.72. The minimum Gasteiger partial charge on any atom is -0.479 e. The van der Waals surface area contributed by atoms with Crippen LogP contribution in [0.25, 0.3) is 0 Å². The van der Waals surface area contributed by atoms with Gasteiger partial charge in [-0.15, -0.1) is 0 Å². The Morgan fingerprint density at radius 1 is 1.33 bits per heavy atom. The molecule has 0 spiro atoms. The second-order valence-electron chi connectivity index (χ2n) is 8.75. The number of hydrogen-bond acceptors (Lipinski definition) is 8. The van der Waals surface area contributed by atoms with Crippen LogP contribution in [0.5, 0.6) is 0 Å². The lowest BCUT2D eigenvalue weighted by Gasteiger charge is -2.35. The number of ketones is 1. The lowest BCUT2D eigenvalue weighted by atomic mass is 9.67. The monoisotopic (exact) mass is 418 g/mol. The van der Waals surface area contributed by atoms with E-state index < -0.39 is 46.9 Å². The number of rotatable bonds is 3. The van der Waals surface area contributed by atoms with Gasteiger partial charge in [-0.05, 0) is 39.3 Å². The van der Waals surface area contributed by atoms with Gasteiger partial charge in [0.1, 0.15) is 23.9 Å². The Morgan fingerprint density at radius 2 is 2.03 bits per heavy atom. The molecule has 4 rings (SSSR count). The van der Waals surface area contributed by atoms with Crippen molar-refractivity contribution in [2.24, 2.45) is 11.3 Å². The molecular weight excluding hydrogens is 392 g/mol. The van der Waals surface area contributed by atoms with Crippen LogP contribution in [0, 0.1) is 11.3 Å². The van der Waals surface area contributed by atoms with E-state index in [0.29, 0.717) is 11.1 Å². The van der Waals surface area contributed by atoms with E-state index >= 15 is 0 Å². The number of carbonyl (C=O) groups is 3. The molecule has 162 valence electrons. The molecule has 2 bridgehead atoms. The fourth-order valence-electron chi connectivity index (χ4n) is 5.01. The Kier molecular flexibility index (Phi) is 4.52. The van der Waals surface area contributed by atoms with E-state index in [1.54, 1.807) is 39.8 Å². The molecule has 2 saturated heterocycles. The summed E-state index contributed by atoms with van der Waals surface area (Å²) in [5.41, 5.74) is -1.69. The lowest BCUT2D eigenvalue weighted by molar-refractivity contribution is -0.220. The molecular formula is C22H26O8. The molecule has 0 saturated carbocycles. The first-order valence-electron chi connectivity index (χ1n) is 10.0. The summed E-state index contributed by atoms with van der Waals surface area (Å²) >= 11 is 0. The first-order chi connectivity index (χ1) is 14.0. The third-order valence-corrected chi connectivity index (χ3v) is 6.90. The molecule has 0 aliphatic carbocycles. The van der Waals surface area contributed by atoms with Gasteiger partial charge in [0, 0.05) is 30.9 Å². The third kappa shape index (κ3) is 2.63. The maximum atomic E-state index is 13.0. The molecule has 0 amide bonds. The zero-order valence-corrected chi connectivity index (χ0v) is 17.7. The van der Waals surface area contributed by atoms with E-state index in [2.05, 4.69) is 0 Å². The Labute approximate surface area is 174 Å². The third-order valence-electron chi connectivity index (χ3n) is 6.90. The van der Waals surface area contributed by atoms with Crippen molar-refractivity contribution in [1.29, 1.82) is 0 Å². The molecule has 0 aromatic carbocycles. The van der Waals surface area contributed by atoms with Gasteiger partial charge in [0.15, 0.2) is 5.60 Å².